The second kappa shape index (κ2) is 30.3. The Balaban J connectivity index is 0.677. The number of nitrogens with zero attached hydrogens (tertiary/aromatic N) is 7. The van der Waals surface area contributed by atoms with Crippen LogP contribution in [-0.4, -0.2) is 134 Å². The smallest absolute Gasteiger partial charge is 0.251 e. The lowest BCUT2D eigenvalue weighted by Crippen LogP contribution is -2.57. The molecule has 3 aromatic carbocycles. The highest BCUT2D eigenvalue weighted by Gasteiger charge is 2.44. The summed E-state index contributed by atoms with van der Waals surface area (Å²) in [6.45, 7) is 11.9. The van der Waals surface area contributed by atoms with E-state index >= 15 is 0 Å². The number of ether oxygens (including phenoxy) is 4. The molecule has 1 saturated heterocycles. The summed E-state index contributed by atoms with van der Waals surface area (Å²) in [7, 11) is 1.88. The van der Waals surface area contributed by atoms with Crippen LogP contribution in [-0.2, 0) is 55.3 Å². The fourth-order valence-corrected chi connectivity index (χ4v) is 9.69. The van der Waals surface area contributed by atoms with Crippen molar-refractivity contribution in [2.24, 2.45) is 12.5 Å². The summed E-state index contributed by atoms with van der Waals surface area (Å²) >= 11 is 1.58. The molecule has 1 aliphatic rings. The molecule has 0 bridgehead atoms. The van der Waals surface area contributed by atoms with Gasteiger partial charge < -0.3 is 54.8 Å². The monoisotopic (exact) mass is 1100 g/mol. The van der Waals surface area contributed by atoms with Gasteiger partial charge in [-0.3, -0.25) is 19.2 Å². The van der Waals surface area contributed by atoms with E-state index in [4.69, 9.17) is 18.9 Å². The molecule has 5 N–H and O–H groups in total. The Morgan fingerprint density at radius 3 is 2.23 bits per heavy atom. The Labute approximate surface area is 466 Å². The van der Waals surface area contributed by atoms with Gasteiger partial charge in [0.2, 0.25) is 17.7 Å². The molecule has 0 unspecified atom stereocenters. The number of β-amino-alcohol motifs (C(OH)–C–C–N with tert-alkyl or cyclic N) is 1. The first-order valence-electron chi connectivity index (χ1n) is 27.0. The van der Waals surface area contributed by atoms with Crippen LogP contribution in [0.4, 0.5) is 5.69 Å². The first-order chi connectivity index (χ1) is 38.2. The van der Waals surface area contributed by atoms with E-state index in [-0.39, 0.29) is 43.7 Å². The minimum atomic E-state index is -0.900. The number of carbonyl (C=O) groups is 4. The summed E-state index contributed by atoms with van der Waals surface area (Å²) in [4.78, 5) is 68.6. The van der Waals surface area contributed by atoms with E-state index in [2.05, 4.69) is 46.4 Å². The number of carbonyl (C=O) groups excluding carboxylic acids is 4. The van der Waals surface area contributed by atoms with Crippen molar-refractivity contribution in [3.05, 3.63) is 125 Å². The SMILES string of the molecule is Cc1ncsc1-c1ccc(CNC(=O)[C@@H]2C[C@@H](O)CN2C(=O)[C@@H](NC(=O)CCCOCCOCCOCCCCCCOc2cccc(CNC(=O)c3cccc(NCc4nnc(-c5ccncn5)n4C)c3)c2)C(C)(C)C)cc1. The molecule has 0 spiro atoms. The topological polar surface area (TPSA) is 246 Å². The van der Waals surface area contributed by atoms with Crippen LogP contribution in [0.2, 0.25) is 0 Å². The van der Waals surface area contributed by atoms with Gasteiger partial charge in [0.25, 0.3) is 5.91 Å². The molecule has 4 heterocycles. The van der Waals surface area contributed by atoms with E-state index < -0.39 is 29.5 Å². The molecule has 0 radical (unpaired) electrons. The Bertz CT molecular complexity index is 2880. The molecule has 422 valence electrons. The van der Waals surface area contributed by atoms with Gasteiger partial charge in [-0.2, -0.15) is 0 Å². The third kappa shape index (κ3) is 18.5. The number of nitrogens with one attached hydrogen (secondary N) is 4. The number of unbranched alkanes of at least 4 members (excludes halogenated alkanes) is 3. The van der Waals surface area contributed by atoms with E-state index in [1.54, 1.807) is 29.7 Å². The van der Waals surface area contributed by atoms with E-state index in [1.165, 1.54) is 11.2 Å². The fourth-order valence-electron chi connectivity index (χ4n) is 8.88. The maximum absolute atomic E-state index is 14.0. The van der Waals surface area contributed by atoms with Crippen LogP contribution in [0.25, 0.3) is 22.0 Å². The molecule has 1 fully saturated rings. The van der Waals surface area contributed by atoms with Crippen molar-refractivity contribution in [1.29, 1.82) is 0 Å². The van der Waals surface area contributed by atoms with E-state index in [1.807, 2.05) is 112 Å². The molecular formula is C58H75N11O9S. The zero-order valence-electron chi connectivity index (χ0n) is 45.9. The number of aromatic nitrogens is 6. The molecule has 20 nitrogen and oxygen atoms in total. The maximum Gasteiger partial charge on any atom is 0.251 e. The van der Waals surface area contributed by atoms with Crippen LogP contribution < -0.4 is 26.0 Å². The molecule has 3 aromatic heterocycles. The van der Waals surface area contributed by atoms with Gasteiger partial charge in [0.05, 0.1) is 61.8 Å². The second-order valence-electron chi connectivity index (χ2n) is 20.5. The molecule has 21 heteroatoms. The molecule has 0 aliphatic carbocycles. The molecule has 79 heavy (non-hydrogen) atoms. The first-order valence-corrected chi connectivity index (χ1v) is 27.9. The van der Waals surface area contributed by atoms with E-state index in [0.29, 0.717) is 82.8 Å². The number of hydrogen-bond acceptors (Lipinski definition) is 16. The van der Waals surface area contributed by atoms with Gasteiger partial charge >= 0.3 is 0 Å². The number of aliphatic hydroxyl groups is 1. The van der Waals surface area contributed by atoms with Crippen LogP contribution in [0.5, 0.6) is 5.75 Å². The summed E-state index contributed by atoms with van der Waals surface area (Å²) in [5.74, 6) is 0.893. The molecule has 6 aromatic rings. The maximum atomic E-state index is 14.0. The van der Waals surface area contributed by atoms with E-state index in [9.17, 15) is 24.3 Å². The Morgan fingerprint density at radius 1 is 0.785 bits per heavy atom. The highest BCUT2D eigenvalue weighted by molar-refractivity contribution is 7.13. The Hall–Kier alpha value is -7.17. The summed E-state index contributed by atoms with van der Waals surface area (Å²) in [6.07, 6.45) is 6.89. The lowest BCUT2D eigenvalue weighted by atomic mass is 9.85. The number of rotatable bonds is 31. The molecule has 7 rings (SSSR count). The van der Waals surface area contributed by atoms with Crippen LogP contribution in [0, 0.1) is 12.3 Å². The lowest BCUT2D eigenvalue weighted by molar-refractivity contribution is -0.144. The largest absolute Gasteiger partial charge is 0.494 e. The number of aryl methyl sites for hydroxylation is 1. The van der Waals surface area contributed by atoms with Gasteiger partial charge in [0.1, 0.15) is 29.9 Å². The fraction of sp³-hybridized carbons (Fsp3) is 0.466. The zero-order valence-corrected chi connectivity index (χ0v) is 46.8. The summed E-state index contributed by atoms with van der Waals surface area (Å²) in [5.41, 5.74) is 7.03. The van der Waals surface area contributed by atoms with Crippen molar-refractivity contribution in [1.82, 2.24) is 50.6 Å². The van der Waals surface area contributed by atoms with Gasteiger partial charge in [-0.15, -0.1) is 21.5 Å². The predicted molar refractivity (Wildman–Crippen MR) is 301 cm³/mol. The second-order valence-corrected chi connectivity index (χ2v) is 21.4. The summed E-state index contributed by atoms with van der Waals surface area (Å²) in [5, 5.41) is 31.3. The lowest BCUT2D eigenvalue weighted by Gasteiger charge is -2.35. The number of likely N-dealkylation sites (tertiary alicyclic amines) is 1. The van der Waals surface area contributed by atoms with Crippen LogP contribution in [0.3, 0.4) is 0 Å². The Kier molecular flexibility index (Phi) is 22.8. The third-order valence-electron chi connectivity index (χ3n) is 13.3. The normalized spacial score (nSPS) is 14.7. The van der Waals surface area contributed by atoms with Crippen molar-refractivity contribution in [3.8, 4) is 27.7 Å². The van der Waals surface area contributed by atoms with Crippen molar-refractivity contribution in [2.45, 2.75) is 110 Å². The number of amides is 4. The molecule has 4 amide bonds. The number of aliphatic hydroxyl groups excluding tert-OH is 1. The zero-order chi connectivity index (χ0) is 56.0. The summed E-state index contributed by atoms with van der Waals surface area (Å²) < 4.78 is 25.0. The molecular weight excluding hydrogens is 1030 g/mol. The first kappa shape index (κ1) is 59.5. The molecule has 1 aliphatic heterocycles. The number of thiazole rings is 1. The van der Waals surface area contributed by atoms with Gasteiger partial charge in [-0.1, -0.05) is 69.7 Å². The minimum absolute atomic E-state index is 0.00766. The van der Waals surface area contributed by atoms with Crippen LogP contribution >= 0.6 is 11.3 Å². The number of benzene rings is 3. The van der Waals surface area contributed by atoms with Crippen molar-refractivity contribution >= 4 is 40.7 Å². The van der Waals surface area contributed by atoms with Crippen molar-refractivity contribution in [2.75, 3.05) is 58.1 Å². The summed E-state index contributed by atoms with van der Waals surface area (Å²) in [6, 6.07) is 23.0. The number of hydrogen-bond donors (Lipinski definition) is 5. The van der Waals surface area contributed by atoms with E-state index in [0.717, 1.165) is 70.2 Å². The number of anilines is 1. The predicted octanol–water partition coefficient (Wildman–Crippen LogP) is 6.82. The van der Waals surface area contributed by atoms with Crippen molar-refractivity contribution < 1.29 is 43.2 Å². The minimum Gasteiger partial charge on any atom is -0.494 e. The van der Waals surface area contributed by atoms with Gasteiger partial charge in [-0.25, -0.2) is 15.0 Å². The third-order valence-corrected chi connectivity index (χ3v) is 14.3. The molecule has 3 atom stereocenters. The highest BCUT2D eigenvalue weighted by Crippen LogP contribution is 2.29. The highest BCUT2D eigenvalue weighted by atomic mass is 32.1. The standard InChI is InChI=1S/C58H75N11O9S/c1-40-52(79-39-64-40)43-20-18-41(19-21-43)34-62-56(73)49-33-46(70)37-69(49)57(74)53(58(2,3)4)65-51(71)17-12-25-76-28-30-77-29-27-75-24-8-6-7-9-26-78-47-16-10-13-42(31-47)35-61-55(72)44-14-11-15-45(32-44)60-36-50-66-67-54(68(50)5)48-22-23-59-38-63-48/h10-11,13-16,18-23,31-32,38-39,46,49,53,60,70H,6-9,12,17,24-30,33-37H2,1-5H3,(H,61,72)(H,62,73)(H,65,71)/t46-,49+,53-/m1/s1. The average Bonchev–Trinajstić information content (AvgIpc) is 4.36. The van der Waals surface area contributed by atoms with Gasteiger partial charge in [0, 0.05) is 70.2 Å². The quantitative estimate of drug-likeness (QED) is 0.0280. The molecule has 0 saturated carbocycles. The Morgan fingerprint density at radius 2 is 1.51 bits per heavy atom. The average molecular weight is 1100 g/mol. The van der Waals surface area contributed by atoms with Gasteiger partial charge in [-0.05, 0) is 91.1 Å². The van der Waals surface area contributed by atoms with Crippen LogP contribution in [0.15, 0.2) is 96.9 Å². The van der Waals surface area contributed by atoms with Crippen LogP contribution in [0.1, 0.15) is 98.7 Å². The van der Waals surface area contributed by atoms with Crippen molar-refractivity contribution in [3.63, 3.8) is 0 Å². The van der Waals surface area contributed by atoms with Gasteiger partial charge in [0.15, 0.2) is 11.6 Å².